The number of hydrogen-bond acceptors (Lipinski definition) is 4. The second-order valence-corrected chi connectivity index (χ2v) is 9.31. The van der Waals surface area contributed by atoms with Crippen LogP contribution in [0.4, 0.5) is 5.69 Å². The van der Waals surface area contributed by atoms with Crippen LogP contribution in [0.1, 0.15) is 38.3 Å². The number of rotatable bonds is 5. The minimum absolute atomic E-state index is 0.100. The lowest BCUT2D eigenvalue weighted by molar-refractivity contribution is -0.180. The van der Waals surface area contributed by atoms with Crippen molar-refractivity contribution in [2.24, 2.45) is 0 Å². The summed E-state index contributed by atoms with van der Waals surface area (Å²) in [4.78, 5) is 14.8. The van der Waals surface area contributed by atoms with E-state index >= 15 is 0 Å². The highest BCUT2D eigenvalue weighted by molar-refractivity contribution is 6.38. The first kappa shape index (κ1) is 21.4. The van der Waals surface area contributed by atoms with Crippen molar-refractivity contribution in [3.05, 3.63) is 57.6 Å². The number of halogens is 2. The molecule has 1 spiro atoms. The fourth-order valence-electron chi connectivity index (χ4n) is 3.86. The first-order valence-electron chi connectivity index (χ1n) is 10.1. The van der Waals surface area contributed by atoms with Gasteiger partial charge >= 0.3 is 0 Å². The van der Waals surface area contributed by atoms with Crippen molar-refractivity contribution in [1.82, 2.24) is 0 Å². The minimum atomic E-state index is -1.49. The lowest BCUT2D eigenvalue weighted by atomic mass is 9.87. The average Bonchev–Trinajstić information content (AvgIpc) is 3.28. The van der Waals surface area contributed by atoms with Crippen molar-refractivity contribution < 1.29 is 19.0 Å². The second kappa shape index (κ2) is 8.04. The zero-order valence-electron chi connectivity index (χ0n) is 17.3. The van der Waals surface area contributed by atoms with E-state index in [1.807, 2.05) is 12.1 Å². The normalized spacial score (nSPS) is 17.6. The zero-order chi connectivity index (χ0) is 21.5. The van der Waals surface area contributed by atoms with Crippen molar-refractivity contribution in [2.45, 2.75) is 38.4 Å². The quantitative estimate of drug-likeness (QED) is 0.580. The van der Waals surface area contributed by atoms with E-state index in [4.69, 9.17) is 37.4 Å². The van der Waals surface area contributed by atoms with Crippen LogP contribution in [0.5, 0.6) is 5.75 Å². The predicted molar refractivity (Wildman–Crippen MR) is 118 cm³/mol. The Morgan fingerprint density at radius 1 is 1.03 bits per heavy atom. The van der Waals surface area contributed by atoms with Gasteiger partial charge in [0.1, 0.15) is 5.75 Å². The summed E-state index contributed by atoms with van der Waals surface area (Å²) >= 11 is 12.8. The van der Waals surface area contributed by atoms with Gasteiger partial charge in [-0.2, -0.15) is 0 Å². The van der Waals surface area contributed by atoms with E-state index in [9.17, 15) is 4.79 Å². The second-order valence-electron chi connectivity index (χ2n) is 8.50. The van der Waals surface area contributed by atoms with Crippen LogP contribution in [-0.2, 0) is 25.5 Å². The third kappa shape index (κ3) is 3.69. The van der Waals surface area contributed by atoms with E-state index in [0.29, 0.717) is 54.1 Å². The number of carbonyl (C=O) groups is 1. The van der Waals surface area contributed by atoms with E-state index in [0.717, 1.165) is 5.75 Å². The Morgan fingerprint density at radius 3 is 2.30 bits per heavy atom. The lowest BCUT2D eigenvalue weighted by Crippen LogP contribution is -2.42. The van der Waals surface area contributed by atoms with Crippen molar-refractivity contribution in [3.63, 3.8) is 0 Å². The van der Waals surface area contributed by atoms with Crippen LogP contribution >= 0.6 is 23.2 Å². The van der Waals surface area contributed by atoms with Gasteiger partial charge in [-0.3, -0.25) is 4.79 Å². The maximum absolute atomic E-state index is 13.2. The molecule has 2 aromatic carbocycles. The highest BCUT2D eigenvalue weighted by Crippen LogP contribution is 2.51. The van der Waals surface area contributed by atoms with E-state index in [1.54, 1.807) is 17.0 Å². The maximum Gasteiger partial charge on any atom is 0.292 e. The molecule has 0 atom stereocenters. The molecule has 2 aliphatic rings. The molecule has 7 heteroatoms. The SMILES string of the molecule is CC(C)(C)c1ccc(OCCCN2C(=O)C3(OCCO3)c3c(Cl)ccc(Cl)c32)cc1. The molecule has 4 rings (SSSR count). The third-order valence-electron chi connectivity index (χ3n) is 5.41. The van der Waals surface area contributed by atoms with E-state index < -0.39 is 5.79 Å². The minimum Gasteiger partial charge on any atom is -0.494 e. The number of hydrogen-bond donors (Lipinski definition) is 0. The molecule has 1 saturated heterocycles. The van der Waals surface area contributed by atoms with Gasteiger partial charge in [0, 0.05) is 6.54 Å². The summed E-state index contributed by atoms with van der Waals surface area (Å²) in [6, 6.07) is 11.5. The van der Waals surface area contributed by atoms with Gasteiger partial charge in [0.25, 0.3) is 11.7 Å². The molecule has 0 saturated carbocycles. The summed E-state index contributed by atoms with van der Waals surface area (Å²) in [5.41, 5.74) is 2.41. The molecule has 2 heterocycles. The molecule has 2 aromatic rings. The van der Waals surface area contributed by atoms with Crippen molar-refractivity contribution in [1.29, 1.82) is 0 Å². The molecular weight excluding hydrogens is 425 g/mol. The largest absolute Gasteiger partial charge is 0.494 e. The number of ether oxygens (including phenoxy) is 3. The van der Waals surface area contributed by atoms with Crippen LogP contribution in [0.15, 0.2) is 36.4 Å². The van der Waals surface area contributed by atoms with E-state index in [-0.39, 0.29) is 11.3 Å². The van der Waals surface area contributed by atoms with Gasteiger partial charge in [-0.1, -0.05) is 56.1 Å². The van der Waals surface area contributed by atoms with Crippen molar-refractivity contribution in [2.75, 3.05) is 31.3 Å². The summed E-state index contributed by atoms with van der Waals surface area (Å²) in [5, 5.41) is 0.847. The molecule has 0 N–H and O–H groups in total. The fourth-order valence-corrected chi connectivity index (χ4v) is 4.40. The van der Waals surface area contributed by atoms with Gasteiger partial charge in [0.05, 0.1) is 41.1 Å². The summed E-state index contributed by atoms with van der Waals surface area (Å²) in [6.45, 7) is 8.06. The molecular formula is C23H25Cl2NO4. The van der Waals surface area contributed by atoms with Crippen molar-refractivity contribution in [3.8, 4) is 5.75 Å². The summed E-state index contributed by atoms with van der Waals surface area (Å²) in [7, 11) is 0. The molecule has 1 fully saturated rings. The Labute approximate surface area is 186 Å². The number of benzene rings is 2. The molecule has 160 valence electrons. The molecule has 0 aromatic heterocycles. The average molecular weight is 450 g/mol. The number of nitrogens with zero attached hydrogens (tertiary/aromatic N) is 1. The zero-order valence-corrected chi connectivity index (χ0v) is 18.8. The van der Waals surface area contributed by atoms with Crippen LogP contribution in [0.25, 0.3) is 0 Å². The molecule has 2 aliphatic heterocycles. The Morgan fingerprint density at radius 2 is 1.67 bits per heavy atom. The summed E-state index contributed by atoms with van der Waals surface area (Å²) in [5.74, 6) is -0.975. The number of anilines is 1. The lowest BCUT2D eigenvalue weighted by Gasteiger charge is -2.22. The predicted octanol–water partition coefficient (Wildman–Crippen LogP) is 5.31. The summed E-state index contributed by atoms with van der Waals surface area (Å²) < 4.78 is 17.3. The third-order valence-corrected chi connectivity index (χ3v) is 6.03. The van der Waals surface area contributed by atoms with Crippen LogP contribution in [0.3, 0.4) is 0 Å². The molecule has 0 radical (unpaired) electrons. The fraction of sp³-hybridized carbons (Fsp3) is 0.435. The monoisotopic (exact) mass is 449 g/mol. The Bertz CT molecular complexity index is 947. The van der Waals surface area contributed by atoms with Gasteiger partial charge in [-0.25, -0.2) is 0 Å². The maximum atomic E-state index is 13.2. The van der Waals surface area contributed by atoms with Gasteiger partial charge < -0.3 is 19.1 Å². The van der Waals surface area contributed by atoms with Crippen LogP contribution in [-0.4, -0.2) is 32.3 Å². The molecule has 0 unspecified atom stereocenters. The molecule has 0 aliphatic carbocycles. The van der Waals surface area contributed by atoms with Crippen LogP contribution < -0.4 is 9.64 Å². The topological polar surface area (TPSA) is 48.0 Å². The Balaban J connectivity index is 1.44. The molecule has 1 amide bonds. The first-order valence-corrected chi connectivity index (χ1v) is 10.8. The molecule has 0 bridgehead atoms. The van der Waals surface area contributed by atoms with Gasteiger partial charge in [-0.15, -0.1) is 0 Å². The highest BCUT2D eigenvalue weighted by Gasteiger charge is 2.57. The van der Waals surface area contributed by atoms with Gasteiger partial charge in [-0.05, 0) is 41.7 Å². The standard InChI is InChI=1S/C23H25Cl2NO4/c1-22(2,3)15-5-7-16(8-6-15)28-12-4-11-26-20-18(25)10-9-17(24)19(20)23(21(26)27)29-13-14-30-23/h5-10H,4,11-14H2,1-3H3. The van der Waals surface area contributed by atoms with Gasteiger partial charge in [0.2, 0.25) is 0 Å². The Hall–Kier alpha value is -1.79. The molecule has 5 nitrogen and oxygen atoms in total. The van der Waals surface area contributed by atoms with Crippen molar-refractivity contribution >= 4 is 34.8 Å². The smallest absolute Gasteiger partial charge is 0.292 e. The Kier molecular flexibility index (Phi) is 5.75. The highest BCUT2D eigenvalue weighted by atomic mass is 35.5. The van der Waals surface area contributed by atoms with E-state index in [2.05, 4.69) is 32.9 Å². The number of amides is 1. The van der Waals surface area contributed by atoms with Gasteiger partial charge in [0.15, 0.2) is 0 Å². The first-order chi connectivity index (χ1) is 14.2. The van der Waals surface area contributed by atoms with Crippen LogP contribution in [0.2, 0.25) is 10.0 Å². The number of fused-ring (bicyclic) bond motifs is 2. The number of carbonyl (C=O) groups excluding carboxylic acids is 1. The van der Waals surface area contributed by atoms with E-state index in [1.165, 1.54) is 5.56 Å². The van der Waals surface area contributed by atoms with Crippen LogP contribution in [0, 0.1) is 0 Å². The molecule has 30 heavy (non-hydrogen) atoms. The summed E-state index contributed by atoms with van der Waals surface area (Å²) in [6.07, 6.45) is 0.616.